The van der Waals surface area contributed by atoms with Crippen LogP contribution in [-0.2, 0) is 0 Å². The number of rotatable bonds is 7. The van der Waals surface area contributed by atoms with Gasteiger partial charge in [0.2, 0.25) is 0 Å². The van der Waals surface area contributed by atoms with Crippen molar-refractivity contribution in [1.29, 1.82) is 0 Å². The van der Waals surface area contributed by atoms with Crippen molar-refractivity contribution >= 4 is 121 Å². The molecule has 456 valence electrons. The van der Waals surface area contributed by atoms with Gasteiger partial charge >= 0.3 is 0 Å². The molecule has 0 saturated heterocycles. The van der Waals surface area contributed by atoms with Gasteiger partial charge in [-0.15, -0.1) is 0 Å². The SMILES string of the molecule is Clc1cccc(-c2nc(-c3ccccc3)c3ccccc3n2)c1.c1ccc(-c2nc(-c3cccc(-n4c5ccccc5c5c6c7ccccc7n(-c7ccccc7)c6ccc54)c3)nc3ccccc23)cc1.c1ccc(-n2c3ccccc3c3c4c(ccc32)[nH]c2ccccc24)cc1. The van der Waals surface area contributed by atoms with Gasteiger partial charge < -0.3 is 18.7 Å². The zero-order valence-corrected chi connectivity index (χ0v) is 53.1. The van der Waals surface area contributed by atoms with Crippen LogP contribution in [0.4, 0.5) is 0 Å². The summed E-state index contributed by atoms with van der Waals surface area (Å²) >= 11 is 6.11. The van der Waals surface area contributed by atoms with Crippen LogP contribution >= 0.6 is 11.6 Å². The molecule has 0 amide bonds. The van der Waals surface area contributed by atoms with Gasteiger partial charge in [-0.2, -0.15) is 0 Å². The van der Waals surface area contributed by atoms with E-state index in [-0.39, 0.29) is 0 Å². The van der Waals surface area contributed by atoms with Crippen LogP contribution in [0.3, 0.4) is 0 Å². The van der Waals surface area contributed by atoms with E-state index in [1.165, 1.54) is 87.4 Å². The van der Waals surface area contributed by atoms with Gasteiger partial charge in [-0.3, -0.25) is 0 Å². The summed E-state index contributed by atoms with van der Waals surface area (Å²) in [6.07, 6.45) is 0. The second-order valence-electron chi connectivity index (χ2n) is 24.3. The molecule has 20 aromatic rings. The molecule has 0 radical (unpaired) electrons. The molecule has 0 aliphatic carbocycles. The number of benzene rings is 14. The number of fused-ring (bicyclic) bond motifs is 16. The van der Waals surface area contributed by atoms with E-state index in [1.54, 1.807) is 0 Å². The van der Waals surface area contributed by atoms with Gasteiger partial charge in [-0.25, -0.2) is 19.9 Å². The van der Waals surface area contributed by atoms with Gasteiger partial charge in [0, 0.05) is 109 Å². The van der Waals surface area contributed by atoms with Crippen LogP contribution < -0.4 is 0 Å². The summed E-state index contributed by atoms with van der Waals surface area (Å²) in [6, 6.07) is 118. The molecule has 6 heterocycles. The van der Waals surface area contributed by atoms with Gasteiger partial charge in [-0.05, 0) is 109 Å². The highest BCUT2D eigenvalue weighted by Gasteiger charge is 2.23. The fourth-order valence-electron chi connectivity index (χ4n) is 14.4. The zero-order valence-electron chi connectivity index (χ0n) is 52.3. The first kappa shape index (κ1) is 57.0. The number of hydrogen-bond acceptors (Lipinski definition) is 4. The third-order valence-corrected chi connectivity index (χ3v) is 18.8. The Morgan fingerprint density at radius 3 is 1.09 bits per heavy atom. The Kier molecular flexibility index (Phi) is 14.1. The zero-order chi connectivity index (χ0) is 64.3. The summed E-state index contributed by atoms with van der Waals surface area (Å²) in [5.41, 5.74) is 20.8. The molecular weight excluding hydrogens is 1200 g/mol. The average molecular weight is 1260 g/mol. The Balaban J connectivity index is 0.000000117. The molecule has 14 aromatic carbocycles. The van der Waals surface area contributed by atoms with Crippen molar-refractivity contribution in [3.63, 3.8) is 0 Å². The molecule has 1 N–H and O–H groups in total. The van der Waals surface area contributed by atoms with Gasteiger partial charge in [0.1, 0.15) is 0 Å². The molecule has 8 nitrogen and oxygen atoms in total. The van der Waals surface area contributed by atoms with E-state index in [1.807, 2.05) is 72.8 Å². The lowest BCUT2D eigenvalue weighted by molar-refractivity contribution is 1.17. The van der Waals surface area contributed by atoms with Crippen molar-refractivity contribution < 1.29 is 0 Å². The largest absolute Gasteiger partial charge is 0.354 e. The Hall–Kier alpha value is -12.8. The number of H-pyrrole nitrogens is 1. The van der Waals surface area contributed by atoms with Crippen LogP contribution in [0.25, 0.3) is 171 Å². The second kappa shape index (κ2) is 24.0. The Labute approximate surface area is 562 Å². The Morgan fingerprint density at radius 1 is 0.237 bits per heavy atom. The first-order chi connectivity index (χ1) is 48.1. The second-order valence-corrected chi connectivity index (χ2v) is 24.7. The summed E-state index contributed by atoms with van der Waals surface area (Å²) < 4.78 is 7.14. The van der Waals surface area contributed by atoms with Crippen molar-refractivity contribution in [2.75, 3.05) is 0 Å². The minimum atomic E-state index is 0.681. The fraction of sp³-hybridized carbons (Fsp3) is 0. The molecule has 20 rings (SSSR count). The van der Waals surface area contributed by atoms with E-state index in [9.17, 15) is 0 Å². The van der Waals surface area contributed by atoms with E-state index < -0.39 is 0 Å². The molecule has 0 spiro atoms. The van der Waals surface area contributed by atoms with Crippen LogP contribution in [-0.4, -0.2) is 38.6 Å². The standard InChI is InChI=1S/C44H28N4.C24H16N2.C20H13ClN2/c1-3-14-29(15-4-1)43-33-20-7-10-23-36(33)45-44(46-43)30-16-13-19-32(28-30)48-38-25-12-9-22-35(38)42-40(48)27-26-39-41(42)34-21-8-11-24-37(34)47(39)31-17-5-2-6-18-31;1-2-8-16(9-3-1)26-21-13-7-5-11-18(21)24-22(26)15-14-20-23(24)17-10-4-6-12-19(17)25-20;21-16-10-6-9-15(13-16)20-22-18-12-5-4-11-17(18)19(23-20)14-7-2-1-3-8-14/h1-28H;1-15,25H;1-13H. The molecule has 6 aromatic heterocycles. The maximum atomic E-state index is 6.11. The molecule has 0 atom stereocenters. The van der Waals surface area contributed by atoms with E-state index in [4.69, 9.17) is 31.5 Å². The maximum absolute atomic E-state index is 6.11. The lowest BCUT2D eigenvalue weighted by Gasteiger charge is -2.12. The molecular formula is C88H57ClN8. The van der Waals surface area contributed by atoms with Crippen LogP contribution in [0.2, 0.25) is 5.02 Å². The number of nitrogens with one attached hydrogen (secondary N) is 1. The first-order valence-corrected chi connectivity index (χ1v) is 32.9. The summed E-state index contributed by atoms with van der Waals surface area (Å²) in [5, 5.41) is 13.0. The number of hydrogen-bond donors (Lipinski definition) is 1. The van der Waals surface area contributed by atoms with Crippen molar-refractivity contribution in [1.82, 2.24) is 38.6 Å². The Morgan fingerprint density at radius 2 is 0.598 bits per heavy atom. The molecule has 9 heteroatoms. The summed E-state index contributed by atoms with van der Waals surface area (Å²) in [7, 11) is 0. The molecule has 0 bridgehead atoms. The quantitative estimate of drug-likeness (QED) is 0.172. The van der Waals surface area contributed by atoms with Crippen molar-refractivity contribution in [3.05, 3.63) is 345 Å². The van der Waals surface area contributed by atoms with Gasteiger partial charge in [0.05, 0.1) is 55.5 Å². The number of aromatic nitrogens is 8. The molecule has 0 aliphatic rings. The Bertz CT molecular complexity index is 6390. The topological polar surface area (TPSA) is 82.1 Å². The molecule has 0 unspecified atom stereocenters. The van der Waals surface area contributed by atoms with Crippen molar-refractivity contribution in [2.45, 2.75) is 0 Å². The minimum Gasteiger partial charge on any atom is -0.354 e. The highest BCUT2D eigenvalue weighted by molar-refractivity contribution is 6.31. The predicted octanol–water partition coefficient (Wildman–Crippen LogP) is 23.2. The maximum Gasteiger partial charge on any atom is 0.160 e. The third kappa shape index (κ3) is 9.93. The minimum absolute atomic E-state index is 0.681. The molecule has 97 heavy (non-hydrogen) atoms. The van der Waals surface area contributed by atoms with Crippen LogP contribution in [0.1, 0.15) is 0 Å². The number of para-hydroxylation sites is 8. The predicted molar refractivity (Wildman–Crippen MR) is 405 cm³/mol. The van der Waals surface area contributed by atoms with Crippen LogP contribution in [0, 0.1) is 0 Å². The number of nitrogens with zero attached hydrogens (tertiary/aromatic N) is 7. The van der Waals surface area contributed by atoms with Crippen LogP contribution in [0.15, 0.2) is 340 Å². The lowest BCUT2D eigenvalue weighted by atomic mass is 10.1. The smallest absolute Gasteiger partial charge is 0.160 e. The van der Waals surface area contributed by atoms with Crippen LogP contribution in [0.5, 0.6) is 0 Å². The monoisotopic (exact) mass is 1260 g/mol. The normalized spacial score (nSPS) is 11.6. The molecule has 0 aliphatic heterocycles. The molecule has 0 saturated carbocycles. The van der Waals surface area contributed by atoms with E-state index in [0.717, 1.165) is 72.3 Å². The van der Waals surface area contributed by atoms with Gasteiger partial charge in [-0.1, -0.05) is 242 Å². The summed E-state index contributed by atoms with van der Waals surface area (Å²) in [4.78, 5) is 23.3. The van der Waals surface area contributed by atoms with Crippen molar-refractivity contribution in [3.8, 4) is 62.4 Å². The van der Waals surface area contributed by atoms with Crippen molar-refractivity contribution in [2.24, 2.45) is 0 Å². The van der Waals surface area contributed by atoms with Gasteiger partial charge in [0.25, 0.3) is 0 Å². The lowest BCUT2D eigenvalue weighted by Crippen LogP contribution is -1.98. The number of halogens is 1. The first-order valence-electron chi connectivity index (χ1n) is 32.6. The summed E-state index contributed by atoms with van der Waals surface area (Å²) in [6.45, 7) is 0. The third-order valence-electron chi connectivity index (χ3n) is 18.6. The van der Waals surface area contributed by atoms with Gasteiger partial charge in [0.15, 0.2) is 11.6 Å². The molecule has 0 fully saturated rings. The number of aromatic amines is 1. The highest BCUT2D eigenvalue weighted by Crippen LogP contribution is 2.44. The van der Waals surface area contributed by atoms with E-state index >= 15 is 0 Å². The van der Waals surface area contributed by atoms with E-state index in [0.29, 0.717) is 16.7 Å². The highest BCUT2D eigenvalue weighted by atomic mass is 35.5. The summed E-state index contributed by atoms with van der Waals surface area (Å²) in [5.74, 6) is 1.40. The van der Waals surface area contributed by atoms with E-state index in [2.05, 4.69) is 286 Å². The fourth-order valence-corrected chi connectivity index (χ4v) is 14.6. The average Bonchev–Trinajstić information content (AvgIpc) is 1.56.